The molecule has 1 rings (SSSR count). The minimum atomic E-state index is -1.13. The first kappa shape index (κ1) is 11.0. The van der Waals surface area contributed by atoms with E-state index in [0.29, 0.717) is 5.69 Å². The molecule has 0 aliphatic rings. The molecule has 0 radical (unpaired) electrons. The first-order valence-corrected chi connectivity index (χ1v) is 4.93. The van der Waals surface area contributed by atoms with Crippen molar-refractivity contribution < 1.29 is 14.7 Å². The van der Waals surface area contributed by atoms with Gasteiger partial charge in [0.15, 0.2) is 0 Å². The molecule has 0 unspecified atom stereocenters. The lowest BCUT2D eigenvalue weighted by molar-refractivity contribution is -0.139. The molecule has 0 saturated heterocycles. The van der Waals surface area contributed by atoms with Crippen LogP contribution in [0.3, 0.4) is 0 Å². The number of benzene rings is 1. The maximum Gasteiger partial charge on any atom is 0.312 e. The Kier molecular flexibility index (Phi) is 3.87. The van der Waals surface area contributed by atoms with E-state index in [1.807, 2.05) is 12.1 Å². The lowest BCUT2D eigenvalue weighted by atomic mass is 10.3. The van der Waals surface area contributed by atoms with Crippen LogP contribution in [0.15, 0.2) is 24.3 Å². The van der Waals surface area contributed by atoms with Gasteiger partial charge in [0.2, 0.25) is 5.91 Å². The van der Waals surface area contributed by atoms with Crippen LogP contribution in [-0.2, 0) is 9.59 Å². The molecule has 5 heteroatoms. The summed E-state index contributed by atoms with van der Waals surface area (Å²) in [6.07, 6.45) is -0.508. The Morgan fingerprint density at radius 2 is 1.86 bits per heavy atom. The van der Waals surface area contributed by atoms with E-state index in [0.717, 1.165) is 3.57 Å². The highest BCUT2D eigenvalue weighted by atomic mass is 127. The van der Waals surface area contributed by atoms with Gasteiger partial charge in [-0.1, -0.05) is 0 Å². The van der Waals surface area contributed by atoms with E-state index in [1.165, 1.54) is 0 Å². The zero-order valence-corrected chi connectivity index (χ0v) is 9.32. The van der Waals surface area contributed by atoms with Gasteiger partial charge in [0.1, 0.15) is 6.42 Å². The lowest BCUT2D eigenvalue weighted by Crippen LogP contribution is -2.15. The molecule has 2 N–H and O–H groups in total. The summed E-state index contributed by atoms with van der Waals surface area (Å²) in [5, 5.41) is 10.8. The molecule has 0 heterocycles. The quantitative estimate of drug-likeness (QED) is 0.660. The molecule has 1 aromatic carbocycles. The van der Waals surface area contributed by atoms with Crippen LogP contribution < -0.4 is 5.32 Å². The standard InChI is InChI=1S/C9H8INO3/c10-6-1-3-7(4-2-6)11-8(12)5-9(13)14/h1-4H,5H2,(H,11,12)(H,13,14). The van der Waals surface area contributed by atoms with Crippen molar-refractivity contribution in [3.05, 3.63) is 27.8 Å². The van der Waals surface area contributed by atoms with E-state index in [2.05, 4.69) is 27.9 Å². The van der Waals surface area contributed by atoms with Crippen molar-refractivity contribution in [2.45, 2.75) is 6.42 Å². The Balaban J connectivity index is 2.56. The number of aliphatic carboxylic acids is 1. The molecule has 0 aliphatic carbocycles. The van der Waals surface area contributed by atoms with E-state index in [-0.39, 0.29) is 0 Å². The Hall–Kier alpha value is -1.11. The van der Waals surface area contributed by atoms with Crippen molar-refractivity contribution in [2.24, 2.45) is 0 Å². The Labute approximate surface area is 94.5 Å². The number of carboxylic acid groups (broad SMARTS) is 1. The Morgan fingerprint density at radius 3 is 2.36 bits per heavy atom. The molecule has 4 nitrogen and oxygen atoms in total. The largest absolute Gasteiger partial charge is 0.481 e. The van der Waals surface area contributed by atoms with Gasteiger partial charge in [-0.3, -0.25) is 9.59 Å². The normalized spacial score (nSPS) is 9.50. The van der Waals surface area contributed by atoms with Gasteiger partial charge in [-0.15, -0.1) is 0 Å². The number of hydrogen-bond acceptors (Lipinski definition) is 2. The van der Waals surface area contributed by atoms with Crippen LogP contribution >= 0.6 is 22.6 Å². The molecular weight excluding hydrogens is 297 g/mol. The number of nitrogens with one attached hydrogen (secondary N) is 1. The fourth-order valence-electron chi connectivity index (χ4n) is 0.876. The first-order valence-electron chi connectivity index (χ1n) is 3.85. The van der Waals surface area contributed by atoms with E-state index in [1.54, 1.807) is 12.1 Å². The molecule has 0 aromatic heterocycles. The van der Waals surface area contributed by atoms with E-state index in [9.17, 15) is 9.59 Å². The van der Waals surface area contributed by atoms with Crippen LogP contribution in [0.5, 0.6) is 0 Å². The average Bonchev–Trinajstić information content (AvgIpc) is 2.07. The summed E-state index contributed by atoms with van der Waals surface area (Å²) in [4.78, 5) is 21.2. The third-order valence-electron chi connectivity index (χ3n) is 1.44. The second kappa shape index (κ2) is 4.94. The summed E-state index contributed by atoms with van der Waals surface area (Å²) >= 11 is 2.14. The Bertz CT molecular complexity index is 348. The summed E-state index contributed by atoms with van der Waals surface area (Å²) in [7, 11) is 0. The summed E-state index contributed by atoms with van der Waals surface area (Å²) < 4.78 is 1.05. The molecule has 14 heavy (non-hydrogen) atoms. The second-order valence-electron chi connectivity index (χ2n) is 2.63. The second-order valence-corrected chi connectivity index (χ2v) is 3.87. The van der Waals surface area contributed by atoms with Crippen molar-refractivity contribution in [1.82, 2.24) is 0 Å². The summed E-state index contributed by atoms with van der Waals surface area (Å²) in [5.74, 6) is -1.65. The molecule has 1 aromatic rings. The van der Waals surface area contributed by atoms with Gasteiger partial charge in [-0.2, -0.15) is 0 Å². The van der Waals surface area contributed by atoms with Crippen LogP contribution in [0.1, 0.15) is 6.42 Å². The number of halogens is 1. The molecule has 0 atom stereocenters. The van der Waals surface area contributed by atoms with Crippen LogP contribution in [0.4, 0.5) is 5.69 Å². The van der Waals surface area contributed by atoms with Crippen LogP contribution in [0, 0.1) is 3.57 Å². The molecule has 0 saturated carbocycles. The van der Waals surface area contributed by atoms with Crippen molar-refractivity contribution >= 4 is 40.2 Å². The van der Waals surface area contributed by atoms with Crippen molar-refractivity contribution in [2.75, 3.05) is 5.32 Å². The van der Waals surface area contributed by atoms with Gasteiger partial charge in [0, 0.05) is 9.26 Å². The van der Waals surface area contributed by atoms with Crippen molar-refractivity contribution in [1.29, 1.82) is 0 Å². The third-order valence-corrected chi connectivity index (χ3v) is 2.16. The zero-order chi connectivity index (χ0) is 10.6. The predicted molar refractivity (Wildman–Crippen MR) is 60.0 cm³/mol. The SMILES string of the molecule is O=C(O)CC(=O)Nc1ccc(I)cc1. The summed E-state index contributed by atoms with van der Waals surface area (Å²) in [6, 6.07) is 7.11. The monoisotopic (exact) mass is 305 g/mol. The average molecular weight is 305 g/mol. The van der Waals surface area contributed by atoms with Crippen molar-refractivity contribution in [3.63, 3.8) is 0 Å². The number of hydrogen-bond donors (Lipinski definition) is 2. The number of rotatable bonds is 3. The fourth-order valence-corrected chi connectivity index (χ4v) is 1.24. The topological polar surface area (TPSA) is 66.4 Å². The smallest absolute Gasteiger partial charge is 0.312 e. The summed E-state index contributed by atoms with van der Waals surface area (Å²) in [6.45, 7) is 0. The van der Waals surface area contributed by atoms with Gasteiger partial charge < -0.3 is 10.4 Å². The first-order chi connectivity index (χ1) is 6.58. The highest BCUT2D eigenvalue weighted by Gasteiger charge is 2.06. The zero-order valence-electron chi connectivity index (χ0n) is 7.16. The van der Waals surface area contributed by atoms with Crippen molar-refractivity contribution in [3.8, 4) is 0 Å². The third kappa shape index (κ3) is 3.73. The van der Waals surface area contributed by atoms with Gasteiger partial charge in [-0.25, -0.2) is 0 Å². The number of anilines is 1. The minimum absolute atomic E-state index is 0.508. The van der Waals surface area contributed by atoms with E-state index >= 15 is 0 Å². The highest BCUT2D eigenvalue weighted by Crippen LogP contribution is 2.11. The Morgan fingerprint density at radius 1 is 1.29 bits per heavy atom. The number of carboxylic acids is 1. The summed E-state index contributed by atoms with van der Waals surface area (Å²) in [5.41, 5.74) is 0.608. The van der Waals surface area contributed by atoms with E-state index < -0.39 is 18.3 Å². The molecule has 0 fully saturated rings. The van der Waals surface area contributed by atoms with E-state index in [4.69, 9.17) is 5.11 Å². The van der Waals surface area contributed by atoms with Gasteiger partial charge >= 0.3 is 5.97 Å². The van der Waals surface area contributed by atoms with Crippen LogP contribution in [0.25, 0.3) is 0 Å². The highest BCUT2D eigenvalue weighted by molar-refractivity contribution is 14.1. The molecular formula is C9H8INO3. The number of carbonyl (C=O) groups excluding carboxylic acids is 1. The maximum absolute atomic E-state index is 11.0. The molecule has 74 valence electrons. The number of amides is 1. The predicted octanol–water partition coefficient (Wildman–Crippen LogP) is 1.70. The minimum Gasteiger partial charge on any atom is -0.481 e. The molecule has 0 bridgehead atoms. The maximum atomic E-state index is 11.0. The fraction of sp³-hybridized carbons (Fsp3) is 0.111. The molecule has 0 spiro atoms. The van der Waals surface area contributed by atoms with Gasteiger partial charge in [0.05, 0.1) is 0 Å². The lowest BCUT2D eigenvalue weighted by Gasteiger charge is -2.02. The van der Waals surface area contributed by atoms with Crippen LogP contribution in [-0.4, -0.2) is 17.0 Å². The van der Waals surface area contributed by atoms with Gasteiger partial charge in [-0.05, 0) is 46.9 Å². The molecule has 1 amide bonds. The van der Waals surface area contributed by atoms with Crippen LogP contribution in [0.2, 0.25) is 0 Å². The molecule has 0 aliphatic heterocycles. The van der Waals surface area contributed by atoms with Gasteiger partial charge in [0.25, 0.3) is 0 Å². The number of carbonyl (C=O) groups is 2.